The van der Waals surface area contributed by atoms with Gasteiger partial charge in [-0.1, -0.05) is 18.2 Å². The van der Waals surface area contributed by atoms with Gasteiger partial charge in [0.1, 0.15) is 17.8 Å². The van der Waals surface area contributed by atoms with Crippen LogP contribution in [-0.4, -0.2) is 45.5 Å². The topological polar surface area (TPSA) is 104 Å². The van der Waals surface area contributed by atoms with E-state index in [0.717, 1.165) is 11.3 Å². The quantitative estimate of drug-likeness (QED) is 0.503. The number of nitrogens with one attached hydrogen (secondary N) is 1. The van der Waals surface area contributed by atoms with E-state index in [0.29, 0.717) is 17.2 Å². The zero-order valence-electron chi connectivity index (χ0n) is 14.9. The summed E-state index contributed by atoms with van der Waals surface area (Å²) < 4.78 is 12.1. The van der Waals surface area contributed by atoms with E-state index >= 15 is 0 Å². The predicted octanol–water partition coefficient (Wildman–Crippen LogP) is 1.59. The normalized spacial score (nSPS) is 11.1. The molecule has 0 radical (unpaired) electrons. The van der Waals surface area contributed by atoms with Crippen LogP contribution in [0.4, 0.5) is 0 Å². The highest BCUT2D eigenvalue weighted by molar-refractivity contribution is 5.99. The molecule has 1 amide bonds. The van der Waals surface area contributed by atoms with Crippen LogP contribution in [0.5, 0.6) is 11.5 Å². The molecule has 0 aliphatic carbocycles. The average Bonchev–Trinajstić information content (AvgIpc) is 3.25. The number of rotatable bonds is 7. The molecule has 27 heavy (non-hydrogen) atoms. The van der Waals surface area contributed by atoms with E-state index < -0.39 is 0 Å². The molecule has 0 aliphatic rings. The van der Waals surface area contributed by atoms with Gasteiger partial charge in [-0.2, -0.15) is 5.10 Å². The molecule has 9 nitrogen and oxygen atoms in total. The van der Waals surface area contributed by atoms with Crippen molar-refractivity contribution in [3.8, 4) is 17.2 Å². The fraction of sp³-hybridized carbons (Fsp3) is 0.167. The molecule has 0 unspecified atom stereocenters. The van der Waals surface area contributed by atoms with E-state index in [9.17, 15) is 4.79 Å². The summed E-state index contributed by atoms with van der Waals surface area (Å²) in [5.74, 6) is 0.831. The summed E-state index contributed by atoms with van der Waals surface area (Å²) in [7, 11) is 1.57. The molecule has 2 aromatic carbocycles. The summed E-state index contributed by atoms with van der Waals surface area (Å²) in [6.45, 7) is 1.64. The monoisotopic (exact) mass is 366 g/mol. The van der Waals surface area contributed by atoms with Crippen molar-refractivity contribution in [1.82, 2.24) is 25.6 Å². The first kappa shape index (κ1) is 18.1. The summed E-state index contributed by atoms with van der Waals surface area (Å²) in [4.78, 5) is 12.0. The van der Waals surface area contributed by atoms with E-state index in [2.05, 4.69) is 26.1 Å². The molecular formula is C18H18N6O3. The number of hydrogen-bond donors (Lipinski definition) is 1. The maximum absolute atomic E-state index is 12.0. The molecule has 0 saturated carbocycles. The highest BCUT2D eigenvalue weighted by Crippen LogP contribution is 2.18. The number of ether oxygens (including phenoxy) is 2. The van der Waals surface area contributed by atoms with E-state index in [1.807, 2.05) is 24.3 Å². The number of nitrogens with zero attached hydrogens (tertiary/aromatic N) is 5. The lowest BCUT2D eigenvalue weighted by atomic mass is 10.1. The Balaban J connectivity index is 1.58. The summed E-state index contributed by atoms with van der Waals surface area (Å²) in [6.07, 6.45) is 1.50. The average molecular weight is 366 g/mol. The summed E-state index contributed by atoms with van der Waals surface area (Å²) in [5, 5.41) is 15.2. The molecular weight excluding hydrogens is 348 g/mol. The van der Waals surface area contributed by atoms with Gasteiger partial charge >= 0.3 is 0 Å². The minimum atomic E-state index is -0.367. The first-order valence-electron chi connectivity index (χ1n) is 8.09. The molecule has 138 valence electrons. The van der Waals surface area contributed by atoms with Gasteiger partial charge in [0.2, 0.25) is 0 Å². The van der Waals surface area contributed by atoms with Gasteiger partial charge in [0.05, 0.1) is 18.5 Å². The Morgan fingerprint density at radius 3 is 2.78 bits per heavy atom. The van der Waals surface area contributed by atoms with Crippen molar-refractivity contribution in [3.63, 3.8) is 0 Å². The maximum atomic E-state index is 12.0. The Labute approximate surface area is 155 Å². The molecule has 0 saturated heterocycles. The molecule has 0 aliphatic heterocycles. The third-order valence-electron chi connectivity index (χ3n) is 3.64. The minimum Gasteiger partial charge on any atom is -0.497 e. The fourth-order valence-corrected chi connectivity index (χ4v) is 2.24. The predicted molar refractivity (Wildman–Crippen MR) is 98.0 cm³/mol. The standard InChI is InChI=1S/C18H18N6O3/c1-13(14-5-3-6-15(9-14)24-12-19-22-23-24)20-21-18(25)11-27-17-8-4-7-16(10-17)26-2/h3-10,12H,11H2,1-2H3,(H,21,25)/b20-13-. The lowest BCUT2D eigenvalue weighted by Gasteiger charge is -2.07. The van der Waals surface area contributed by atoms with Gasteiger partial charge in [-0.3, -0.25) is 4.79 Å². The number of hydrazone groups is 1. The molecule has 3 aromatic rings. The van der Waals surface area contributed by atoms with Crippen molar-refractivity contribution < 1.29 is 14.3 Å². The van der Waals surface area contributed by atoms with Crippen molar-refractivity contribution in [2.75, 3.05) is 13.7 Å². The number of tetrazole rings is 1. The van der Waals surface area contributed by atoms with Crippen molar-refractivity contribution >= 4 is 11.6 Å². The van der Waals surface area contributed by atoms with Crippen molar-refractivity contribution in [2.45, 2.75) is 6.92 Å². The molecule has 0 bridgehead atoms. The highest BCUT2D eigenvalue weighted by Gasteiger charge is 2.05. The number of carbonyl (C=O) groups is 1. The van der Waals surface area contributed by atoms with Gasteiger partial charge in [-0.25, -0.2) is 10.1 Å². The first-order valence-corrected chi connectivity index (χ1v) is 8.09. The Bertz CT molecular complexity index is 940. The van der Waals surface area contributed by atoms with Crippen LogP contribution in [0, 0.1) is 0 Å². The molecule has 9 heteroatoms. The Kier molecular flexibility index (Phi) is 5.73. The van der Waals surface area contributed by atoms with Crippen LogP contribution in [0.1, 0.15) is 12.5 Å². The second-order valence-electron chi connectivity index (χ2n) is 5.50. The Hall–Kier alpha value is -3.75. The maximum Gasteiger partial charge on any atom is 0.277 e. The van der Waals surface area contributed by atoms with Crippen molar-refractivity contribution in [3.05, 3.63) is 60.4 Å². The van der Waals surface area contributed by atoms with Gasteiger partial charge in [0.25, 0.3) is 5.91 Å². The second-order valence-corrected chi connectivity index (χ2v) is 5.50. The van der Waals surface area contributed by atoms with E-state index in [1.54, 1.807) is 38.3 Å². The van der Waals surface area contributed by atoms with Crippen LogP contribution in [0.15, 0.2) is 60.0 Å². The van der Waals surface area contributed by atoms with Crippen LogP contribution >= 0.6 is 0 Å². The van der Waals surface area contributed by atoms with E-state index in [4.69, 9.17) is 9.47 Å². The minimum absolute atomic E-state index is 0.158. The molecule has 1 N–H and O–H groups in total. The third kappa shape index (κ3) is 4.88. The molecule has 1 aromatic heterocycles. The lowest BCUT2D eigenvalue weighted by molar-refractivity contribution is -0.123. The van der Waals surface area contributed by atoms with E-state index in [1.165, 1.54) is 11.0 Å². The Morgan fingerprint density at radius 2 is 2.00 bits per heavy atom. The van der Waals surface area contributed by atoms with Crippen molar-refractivity contribution in [1.29, 1.82) is 0 Å². The summed E-state index contributed by atoms with van der Waals surface area (Å²) >= 11 is 0. The van der Waals surface area contributed by atoms with Crippen LogP contribution in [-0.2, 0) is 4.79 Å². The van der Waals surface area contributed by atoms with E-state index in [-0.39, 0.29) is 12.5 Å². The van der Waals surface area contributed by atoms with Crippen LogP contribution in [0.25, 0.3) is 5.69 Å². The number of carbonyl (C=O) groups excluding carboxylic acids is 1. The smallest absolute Gasteiger partial charge is 0.277 e. The number of methoxy groups -OCH3 is 1. The highest BCUT2D eigenvalue weighted by atomic mass is 16.5. The largest absolute Gasteiger partial charge is 0.497 e. The fourth-order valence-electron chi connectivity index (χ4n) is 2.24. The number of amides is 1. The van der Waals surface area contributed by atoms with Gasteiger partial charge in [-0.05, 0) is 47.2 Å². The Morgan fingerprint density at radius 1 is 1.19 bits per heavy atom. The summed E-state index contributed by atoms with van der Waals surface area (Å²) in [5.41, 5.74) is 4.74. The van der Waals surface area contributed by atoms with Crippen molar-refractivity contribution in [2.24, 2.45) is 5.10 Å². The number of hydrogen-bond acceptors (Lipinski definition) is 7. The molecule has 3 rings (SSSR count). The van der Waals surface area contributed by atoms with Crippen LogP contribution < -0.4 is 14.9 Å². The molecule has 1 heterocycles. The number of benzene rings is 2. The van der Waals surface area contributed by atoms with Crippen LogP contribution in [0.3, 0.4) is 0 Å². The summed E-state index contributed by atoms with van der Waals surface area (Å²) in [6, 6.07) is 14.5. The zero-order chi connectivity index (χ0) is 19.1. The van der Waals surface area contributed by atoms with Gasteiger partial charge in [-0.15, -0.1) is 5.10 Å². The SMILES string of the molecule is COc1cccc(OCC(=O)N/N=C(/C)c2cccc(-n3cnnn3)c2)c1. The zero-order valence-corrected chi connectivity index (χ0v) is 14.9. The van der Waals surface area contributed by atoms with Gasteiger partial charge < -0.3 is 9.47 Å². The number of aromatic nitrogens is 4. The third-order valence-corrected chi connectivity index (χ3v) is 3.64. The molecule has 0 atom stereocenters. The van der Waals surface area contributed by atoms with Gasteiger partial charge in [0.15, 0.2) is 6.61 Å². The molecule has 0 fully saturated rings. The van der Waals surface area contributed by atoms with Gasteiger partial charge in [0, 0.05) is 6.07 Å². The first-order chi connectivity index (χ1) is 13.2. The lowest BCUT2D eigenvalue weighted by Crippen LogP contribution is -2.25. The second kappa shape index (κ2) is 8.56. The van der Waals surface area contributed by atoms with Crippen LogP contribution in [0.2, 0.25) is 0 Å². The molecule has 0 spiro atoms.